The van der Waals surface area contributed by atoms with Crippen LogP contribution in [0.15, 0.2) is 54.6 Å². The van der Waals surface area contributed by atoms with Crippen molar-refractivity contribution < 1.29 is 57.7 Å². The highest BCUT2D eigenvalue weighted by molar-refractivity contribution is 5.98. The quantitative estimate of drug-likeness (QED) is 0.0495. The number of benzene rings is 2. The van der Waals surface area contributed by atoms with Crippen LogP contribution in [0.3, 0.4) is 0 Å². The maximum Gasteiger partial charge on any atom is 0.408 e. The van der Waals surface area contributed by atoms with Crippen molar-refractivity contribution in [2.75, 3.05) is 53.3 Å². The van der Waals surface area contributed by atoms with E-state index in [-0.39, 0.29) is 80.4 Å². The highest BCUT2D eigenvalue weighted by Crippen LogP contribution is 2.41. The molecule has 0 unspecified atom stereocenters. The zero-order valence-electron chi connectivity index (χ0n) is 50.1. The van der Waals surface area contributed by atoms with Crippen LogP contribution >= 0.6 is 0 Å². The van der Waals surface area contributed by atoms with Gasteiger partial charge in [0, 0.05) is 46.1 Å². The maximum absolute atomic E-state index is 14.5. The summed E-state index contributed by atoms with van der Waals surface area (Å²) in [6.45, 7) is 13.2. The van der Waals surface area contributed by atoms with Gasteiger partial charge in [-0.15, -0.1) is 0 Å². The molecule has 0 radical (unpaired) electrons. The number of likely N-dealkylation sites (N-methyl/N-ethyl adjacent to an activating group) is 2. The van der Waals surface area contributed by atoms with Crippen molar-refractivity contribution in [3.63, 3.8) is 0 Å². The number of hydrogen-bond acceptors (Lipinski definition) is 13. The van der Waals surface area contributed by atoms with Gasteiger partial charge in [-0.05, 0) is 105 Å². The molecule has 2 bridgehead atoms. The number of ether oxygens (including phenoxy) is 3. The highest BCUT2D eigenvalue weighted by atomic mass is 16.5. The van der Waals surface area contributed by atoms with Gasteiger partial charge in [0.15, 0.2) is 0 Å². The summed E-state index contributed by atoms with van der Waals surface area (Å²) in [6, 6.07) is 10.6. The van der Waals surface area contributed by atoms with Crippen LogP contribution in [-0.4, -0.2) is 176 Å². The zero-order chi connectivity index (χ0) is 60.4. The molecule has 2 aliphatic heterocycles. The maximum atomic E-state index is 14.5. The number of aliphatic hydroxyl groups excluding tert-OH is 1. The molecule has 5 rings (SSSR count). The van der Waals surface area contributed by atoms with E-state index in [1.54, 1.807) is 81.1 Å². The van der Waals surface area contributed by atoms with Crippen LogP contribution in [-0.2, 0) is 56.0 Å². The molecule has 2 heterocycles. The second-order valence-corrected chi connectivity index (χ2v) is 23.4. The number of urea groups is 1. The Kier molecular flexibility index (Phi) is 25.8. The first kappa shape index (κ1) is 66.4. The number of rotatable bonds is 31. The number of primary amides is 1. The van der Waals surface area contributed by atoms with E-state index < -0.39 is 96.7 Å². The number of piperidine rings is 1. The number of likely N-dealkylation sites (tertiary alicyclic amines) is 2. The Balaban J connectivity index is 1.21. The Morgan fingerprint density at radius 1 is 0.817 bits per heavy atom. The molecule has 3 aliphatic rings. The lowest BCUT2D eigenvalue weighted by molar-refractivity contribution is -0.148. The van der Waals surface area contributed by atoms with E-state index in [1.807, 2.05) is 52.9 Å². The van der Waals surface area contributed by atoms with Gasteiger partial charge in [-0.1, -0.05) is 97.4 Å². The van der Waals surface area contributed by atoms with Gasteiger partial charge in [-0.3, -0.25) is 33.7 Å². The highest BCUT2D eigenvalue weighted by Gasteiger charge is 2.49. The summed E-state index contributed by atoms with van der Waals surface area (Å²) in [6.07, 6.45) is 3.32. The first-order chi connectivity index (χ1) is 39.0. The molecule has 2 aromatic carbocycles. The van der Waals surface area contributed by atoms with E-state index in [1.165, 1.54) is 7.11 Å². The average Bonchev–Trinajstić information content (AvgIpc) is 4.41. The fourth-order valence-electron chi connectivity index (χ4n) is 12.1. The van der Waals surface area contributed by atoms with Crippen LogP contribution in [0.1, 0.15) is 117 Å². The molecule has 3 fully saturated rings. The van der Waals surface area contributed by atoms with Gasteiger partial charge >= 0.3 is 12.1 Å². The molecule has 13 atom stereocenters. The first-order valence-electron chi connectivity index (χ1n) is 29.3. The Labute approximate surface area is 484 Å². The minimum Gasteiger partial charge on any atom is -0.445 e. The van der Waals surface area contributed by atoms with Gasteiger partial charge in [-0.25, -0.2) is 9.59 Å². The van der Waals surface area contributed by atoms with Crippen molar-refractivity contribution in [2.45, 2.75) is 180 Å². The summed E-state index contributed by atoms with van der Waals surface area (Å²) >= 11 is 0. The normalized spacial score (nSPS) is 21.0. The summed E-state index contributed by atoms with van der Waals surface area (Å²) in [5.74, 6) is -3.31. The summed E-state index contributed by atoms with van der Waals surface area (Å²) in [4.78, 5) is 114. The smallest absolute Gasteiger partial charge is 0.408 e. The average molecular weight is 1150 g/mol. The number of hydrogen-bond donors (Lipinski definition) is 8. The number of nitrogens with two attached hydrogens (primary N) is 1. The van der Waals surface area contributed by atoms with E-state index in [0.29, 0.717) is 43.1 Å². The summed E-state index contributed by atoms with van der Waals surface area (Å²) in [7, 11) is 6.77. The number of nitrogens with one attached hydrogen (secondary N) is 6. The molecule has 456 valence electrons. The Morgan fingerprint density at radius 2 is 1.51 bits per heavy atom. The molecule has 22 nitrogen and oxygen atoms in total. The number of fused-ring (bicyclic) bond motifs is 2. The third kappa shape index (κ3) is 18.1. The summed E-state index contributed by atoms with van der Waals surface area (Å²) in [5, 5.41) is 27.4. The predicted molar refractivity (Wildman–Crippen MR) is 311 cm³/mol. The Hall–Kier alpha value is -6.36. The third-order valence-corrected chi connectivity index (χ3v) is 16.9. The van der Waals surface area contributed by atoms with Crippen molar-refractivity contribution in [3.05, 3.63) is 65.7 Å². The lowest BCUT2D eigenvalue weighted by Crippen LogP contribution is -2.60. The second-order valence-electron chi connectivity index (χ2n) is 23.4. The van der Waals surface area contributed by atoms with Gasteiger partial charge in [0.05, 0.1) is 55.3 Å². The van der Waals surface area contributed by atoms with Gasteiger partial charge in [-0.2, -0.15) is 0 Å². The van der Waals surface area contributed by atoms with Crippen molar-refractivity contribution in [1.29, 1.82) is 0 Å². The zero-order valence-corrected chi connectivity index (χ0v) is 50.1. The van der Waals surface area contributed by atoms with Crippen molar-refractivity contribution in [2.24, 2.45) is 35.3 Å². The topological polar surface area (TPSA) is 292 Å². The molecule has 9 N–H and O–H groups in total. The molecule has 0 aromatic heterocycles. The minimum atomic E-state index is -1.11. The Morgan fingerprint density at radius 3 is 2.12 bits per heavy atom. The lowest BCUT2D eigenvalue weighted by atomic mass is 9.89. The van der Waals surface area contributed by atoms with Crippen molar-refractivity contribution in [1.82, 2.24) is 41.3 Å². The molecule has 22 heteroatoms. The van der Waals surface area contributed by atoms with E-state index in [0.717, 1.165) is 24.8 Å². The number of methoxy groups -OCH3 is 2. The molecule has 2 saturated heterocycles. The fourth-order valence-corrected chi connectivity index (χ4v) is 12.1. The number of carbonyl (C=O) groups excluding carboxylic acids is 8. The van der Waals surface area contributed by atoms with E-state index in [2.05, 4.69) is 36.8 Å². The number of amides is 9. The van der Waals surface area contributed by atoms with Crippen LogP contribution in [0.25, 0.3) is 0 Å². The SMILES string of the molecule is CC[C@H](C)[C@@H]([C@@H](CC(=O)N1CCC[C@H]1[C@H](OC)[C@@H](C)C(=O)N[C@H](CO)Cc1cccc(NC(=O)[C@H](CCCNC(N)=O)NC(=O)[C@@H](NC(=O)OCc2ccccc2)C(C)C)c1)OC)N(C)C(=O)[C@@H](NC(=O)[C@@H]1[C@H]2CC[C@H](C2)N1C)C(C)C. The second kappa shape index (κ2) is 31.9. The molecule has 1 aliphatic carbocycles. The number of nitrogens with zero attached hydrogens (tertiary/aromatic N) is 3. The van der Waals surface area contributed by atoms with E-state index in [4.69, 9.17) is 19.9 Å². The molecule has 0 spiro atoms. The van der Waals surface area contributed by atoms with Gasteiger partial charge < -0.3 is 66.8 Å². The first-order valence-corrected chi connectivity index (χ1v) is 29.3. The van der Waals surface area contributed by atoms with Crippen molar-refractivity contribution >= 4 is 53.3 Å². The van der Waals surface area contributed by atoms with E-state index in [9.17, 15) is 43.5 Å². The summed E-state index contributed by atoms with van der Waals surface area (Å²) < 4.78 is 17.5. The molecule has 2 aromatic rings. The van der Waals surface area contributed by atoms with Gasteiger partial charge in [0.25, 0.3) is 0 Å². The van der Waals surface area contributed by atoms with Gasteiger partial charge in [0.1, 0.15) is 24.7 Å². The molecular formula is C60H94N10O12. The predicted octanol–water partition coefficient (Wildman–Crippen LogP) is 4.07. The lowest BCUT2D eigenvalue weighted by Gasteiger charge is -2.41. The van der Waals surface area contributed by atoms with Crippen LogP contribution in [0.4, 0.5) is 15.3 Å². The Bertz CT molecular complexity index is 2450. The number of anilines is 1. The van der Waals surface area contributed by atoms with Crippen LogP contribution in [0.2, 0.25) is 0 Å². The third-order valence-electron chi connectivity index (χ3n) is 16.9. The monoisotopic (exact) mass is 1150 g/mol. The number of carbonyl (C=O) groups is 8. The largest absolute Gasteiger partial charge is 0.445 e. The van der Waals surface area contributed by atoms with Crippen LogP contribution in [0, 0.1) is 29.6 Å². The van der Waals surface area contributed by atoms with Crippen LogP contribution < -0.4 is 37.6 Å². The standard InChI is InChI=1S/C60H94N10O12/c1-12-37(6)51(69(9)58(77)50(36(4)5)66-57(76)52-41-25-26-44(31-41)68(52)8)47(80-10)32-48(72)70-28-18-24-46(70)53(81-11)38(7)54(73)64-43(33-71)30-40-21-16-22-42(29-40)63-55(74)45(23-17-27-62-59(61)78)65-56(75)49(35(2)3)67-60(79)82-34-39-19-14-13-15-20-39/h13-16,19-22,29,35-38,41,43-47,49-53,71H,12,17-18,23-28,30-34H2,1-11H3,(H,63,74)(H,64,73)(H,65,75)(H,66,76)(H,67,79)(H3,61,62,78)/t37-,38+,41-,43-,44+,45-,46-,47+,49-,50-,51-,52-,53+/m0/s1. The summed E-state index contributed by atoms with van der Waals surface area (Å²) in [5.41, 5.74) is 7.04. The minimum absolute atomic E-state index is 0.0101. The molecular weight excluding hydrogens is 1050 g/mol. The van der Waals surface area contributed by atoms with Crippen LogP contribution in [0.5, 0.6) is 0 Å². The number of alkyl carbamates (subject to hydrolysis) is 1. The fraction of sp³-hybridized carbons (Fsp3) is 0.667. The van der Waals surface area contributed by atoms with E-state index >= 15 is 0 Å². The molecule has 9 amide bonds. The molecule has 1 saturated carbocycles. The molecule has 82 heavy (non-hydrogen) atoms. The number of aliphatic hydroxyl groups is 1. The van der Waals surface area contributed by atoms with Gasteiger partial charge in [0.2, 0.25) is 35.4 Å². The van der Waals surface area contributed by atoms with Crippen molar-refractivity contribution in [3.8, 4) is 0 Å².